The minimum Gasteiger partial charge on any atom is -0.494 e. The molecule has 0 aliphatic carbocycles. The van der Waals surface area contributed by atoms with Crippen molar-refractivity contribution < 1.29 is 14.3 Å². The third-order valence-electron chi connectivity index (χ3n) is 4.87. The number of hydrogen-bond donors (Lipinski definition) is 0. The number of benzene rings is 2. The zero-order chi connectivity index (χ0) is 21.6. The highest BCUT2D eigenvalue weighted by molar-refractivity contribution is 7.20. The summed E-state index contributed by atoms with van der Waals surface area (Å²) in [5.41, 5.74) is 1.37. The van der Waals surface area contributed by atoms with Crippen LogP contribution >= 0.6 is 11.3 Å². The summed E-state index contributed by atoms with van der Waals surface area (Å²) in [5, 5.41) is 0.475. The predicted molar refractivity (Wildman–Crippen MR) is 121 cm³/mol. The largest absolute Gasteiger partial charge is 0.494 e. The average molecular weight is 435 g/mol. The number of rotatable bonds is 8. The van der Waals surface area contributed by atoms with Crippen LogP contribution < -0.4 is 10.3 Å². The van der Waals surface area contributed by atoms with E-state index in [0.717, 1.165) is 11.3 Å². The van der Waals surface area contributed by atoms with Crippen molar-refractivity contribution in [1.82, 2.24) is 9.55 Å². The molecule has 2 aromatic carbocycles. The van der Waals surface area contributed by atoms with Crippen LogP contribution in [0.15, 0.2) is 71.8 Å². The third-order valence-corrected chi connectivity index (χ3v) is 6.05. The summed E-state index contributed by atoms with van der Waals surface area (Å²) in [6.07, 6.45) is 2.19. The number of aryl methyl sites for hydroxylation is 2. The van der Waals surface area contributed by atoms with E-state index >= 15 is 0 Å². The van der Waals surface area contributed by atoms with E-state index in [-0.39, 0.29) is 12.2 Å². The number of fused-ring (bicyclic) bond motifs is 1. The minimum atomic E-state index is -0.438. The lowest BCUT2D eigenvalue weighted by Crippen LogP contribution is -2.21. The molecule has 0 atom stereocenters. The molecular formula is C24H22N2O4S. The van der Waals surface area contributed by atoms with Gasteiger partial charge in [-0.25, -0.2) is 9.78 Å². The van der Waals surface area contributed by atoms with Crippen molar-refractivity contribution in [1.29, 1.82) is 0 Å². The van der Waals surface area contributed by atoms with Gasteiger partial charge in [-0.1, -0.05) is 48.5 Å². The van der Waals surface area contributed by atoms with E-state index in [2.05, 4.69) is 4.98 Å². The molecule has 0 aliphatic heterocycles. The first kappa shape index (κ1) is 20.8. The summed E-state index contributed by atoms with van der Waals surface area (Å²) in [7, 11) is 0. The number of aromatic nitrogens is 2. The molecule has 6 nitrogen and oxygen atoms in total. The van der Waals surface area contributed by atoms with Gasteiger partial charge in [0.15, 0.2) is 0 Å². The van der Waals surface area contributed by atoms with Crippen LogP contribution in [0.5, 0.6) is 5.75 Å². The Kier molecular flexibility index (Phi) is 6.43. The van der Waals surface area contributed by atoms with Crippen molar-refractivity contribution in [3.8, 4) is 5.75 Å². The number of thiophene rings is 1. The van der Waals surface area contributed by atoms with Crippen molar-refractivity contribution in [2.75, 3.05) is 6.61 Å². The third kappa shape index (κ3) is 4.83. The number of esters is 1. The molecule has 2 aromatic heterocycles. The number of carbonyl (C=O) groups is 1. The van der Waals surface area contributed by atoms with Crippen LogP contribution in [0.3, 0.4) is 0 Å². The smallest absolute Gasteiger partial charge is 0.349 e. The van der Waals surface area contributed by atoms with Crippen LogP contribution in [0.1, 0.15) is 27.2 Å². The molecule has 0 amide bonds. The summed E-state index contributed by atoms with van der Waals surface area (Å²) in [4.78, 5) is 30.9. The topological polar surface area (TPSA) is 70.4 Å². The standard InChI is InChI=1S/C24H22N2O4S/c1-17-20-22(31-21(17)24(28)30-15-18-9-4-2-5-10-18)25-16-26(23(20)27)13-8-14-29-19-11-6-3-7-12-19/h2-7,9-12,16H,8,13-15H2,1H3. The maximum absolute atomic E-state index is 13.0. The van der Waals surface area contributed by atoms with Crippen molar-refractivity contribution in [3.05, 3.63) is 93.3 Å². The molecule has 158 valence electrons. The Balaban J connectivity index is 1.44. The predicted octanol–water partition coefficient (Wildman–Crippen LogP) is 4.59. The molecule has 0 spiro atoms. The molecule has 0 unspecified atom stereocenters. The average Bonchev–Trinajstić information content (AvgIpc) is 3.15. The molecule has 4 rings (SSSR count). The van der Waals surface area contributed by atoms with Gasteiger partial charge in [0.2, 0.25) is 0 Å². The van der Waals surface area contributed by atoms with Gasteiger partial charge in [0.25, 0.3) is 5.56 Å². The fourth-order valence-electron chi connectivity index (χ4n) is 3.24. The number of hydrogen-bond acceptors (Lipinski definition) is 6. The molecule has 31 heavy (non-hydrogen) atoms. The molecule has 7 heteroatoms. The molecular weight excluding hydrogens is 412 g/mol. The quantitative estimate of drug-likeness (QED) is 0.300. The summed E-state index contributed by atoms with van der Waals surface area (Å²) in [6.45, 7) is 2.93. The zero-order valence-corrected chi connectivity index (χ0v) is 17.9. The highest BCUT2D eigenvalue weighted by Crippen LogP contribution is 2.27. The summed E-state index contributed by atoms with van der Waals surface area (Å²) < 4.78 is 12.7. The lowest BCUT2D eigenvalue weighted by molar-refractivity contribution is 0.0478. The van der Waals surface area contributed by atoms with Crippen LogP contribution in [-0.2, 0) is 17.9 Å². The SMILES string of the molecule is Cc1c(C(=O)OCc2ccccc2)sc2ncn(CCCOc3ccccc3)c(=O)c12. The van der Waals surface area contributed by atoms with Crippen LogP contribution in [0.4, 0.5) is 0 Å². The minimum absolute atomic E-state index is 0.152. The van der Waals surface area contributed by atoms with E-state index in [0.29, 0.717) is 40.2 Å². The van der Waals surface area contributed by atoms with Gasteiger partial charge in [-0.05, 0) is 36.6 Å². The van der Waals surface area contributed by atoms with Gasteiger partial charge in [0.1, 0.15) is 22.1 Å². The lowest BCUT2D eigenvalue weighted by Gasteiger charge is -2.07. The van der Waals surface area contributed by atoms with Crippen LogP contribution in [0.25, 0.3) is 10.2 Å². The maximum Gasteiger partial charge on any atom is 0.349 e. The number of ether oxygens (including phenoxy) is 2. The van der Waals surface area contributed by atoms with Gasteiger partial charge in [0.05, 0.1) is 18.3 Å². The number of para-hydroxylation sites is 1. The second-order valence-corrected chi connectivity index (χ2v) is 8.06. The molecule has 0 radical (unpaired) electrons. The fraction of sp³-hybridized carbons (Fsp3) is 0.208. The second kappa shape index (κ2) is 9.57. The van der Waals surface area contributed by atoms with E-state index in [1.54, 1.807) is 11.5 Å². The first-order valence-electron chi connectivity index (χ1n) is 10.0. The van der Waals surface area contributed by atoms with Crippen LogP contribution in [0, 0.1) is 6.92 Å². The molecule has 4 aromatic rings. The Morgan fingerprint density at radius 3 is 2.52 bits per heavy atom. The molecule has 0 saturated heterocycles. The number of nitrogens with zero attached hydrogens (tertiary/aromatic N) is 2. The zero-order valence-electron chi connectivity index (χ0n) is 17.1. The Morgan fingerprint density at radius 2 is 1.77 bits per heavy atom. The number of carbonyl (C=O) groups excluding carboxylic acids is 1. The molecule has 0 fully saturated rings. The van der Waals surface area contributed by atoms with E-state index < -0.39 is 5.97 Å². The fourth-order valence-corrected chi connectivity index (χ4v) is 4.28. The summed E-state index contributed by atoms with van der Waals surface area (Å²) >= 11 is 1.19. The van der Waals surface area contributed by atoms with Crippen molar-refractivity contribution >= 4 is 27.5 Å². The Bertz CT molecular complexity index is 1230. The molecule has 0 N–H and O–H groups in total. The van der Waals surface area contributed by atoms with E-state index in [4.69, 9.17) is 9.47 Å². The van der Waals surface area contributed by atoms with E-state index in [1.807, 2.05) is 60.7 Å². The Hall–Kier alpha value is -3.45. The first-order valence-corrected chi connectivity index (χ1v) is 10.8. The van der Waals surface area contributed by atoms with Crippen molar-refractivity contribution in [2.45, 2.75) is 26.5 Å². The van der Waals surface area contributed by atoms with Crippen LogP contribution in [0.2, 0.25) is 0 Å². The van der Waals surface area contributed by atoms with Gasteiger partial charge in [-0.15, -0.1) is 11.3 Å². The summed E-state index contributed by atoms with van der Waals surface area (Å²) in [6, 6.07) is 19.0. The Morgan fingerprint density at radius 1 is 1.06 bits per heavy atom. The van der Waals surface area contributed by atoms with Gasteiger partial charge in [0, 0.05) is 6.54 Å². The van der Waals surface area contributed by atoms with Gasteiger partial charge < -0.3 is 9.47 Å². The van der Waals surface area contributed by atoms with Crippen LogP contribution in [-0.4, -0.2) is 22.1 Å². The maximum atomic E-state index is 13.0. The molecule has 0 saturated carbocycles. The second-order valence-electron chi connectivity index (χ2n) is 7.06. The molecule has 0 aliphatic rings. The molecule has 2 heterocycles. The lowest BCUT2D eigenvalue weighted by atomic mass is 10.2. The highest BCUT2D eigenvalue weighted by atomic mass is 32.1. The molecule has 0 bridgehead atoms. The van der Waals surface area contributed by atoms with Crippen molar-refractivity contribution in [2.24, 2.45) is 0 Å². The van der Waals surface area contributed by atoms with Gasteiger partial charge in [-0.3, -0.25) is 9.36 Å². The van der Waals surface area contributed by atoms with E-state index in [9.17, 15) is 9.59 Å². The van der Waals surface area contributed by atoms with Gasteiger partial charge in [-0.2, -0.15) is 0 Å². The normalized spacial score (nSPS) is 10.9. The van der Waals surface area contributed by atoms with Gasteiger partial charge >= 0.3 is 5.97 Å². The van der Waals surface area contributed by atoms with E-state index in [1.165, 1.54) is 17.7 Å². The monoisotopic (exact) mass is 434 g/mol. The first-order chi connectivity index (χ1) is 15.1. The Labute approximate surface area is 183 Å². The summed E-state index contributed by atoms with van der Waals surface area (Å²) in [5.74, 6) is 0.363. The highest BCUT2D eigenvalue weighted by Gasteiger charge is 2.20. The van der Waals surface area contributed by atoms with Crippen molar-refractivity contribution in [3.63, 3.8) is 0 Å².